The van der Waals surface area contributed by atoms with E-state index in [1.165, 1.54) is 0 Å². The number of carboxylic acid groups (broad SMARTS) is 1. The molecule has 3 nitrogen and oxygen atoms in total. The highest BCUT2D eigenvalue weighted by atomic mass is 16.4. The molecule has 2 N–H and O–H groups in total. The van der Waals surface area contributed by atoms with Crippen LogP contribution >= 0.6 is 0 Å². The zero-order valence-electron chi connectivity index (χ0n) is 9.78. The van der Waals surface area contributed by atoms with E-state index < -0.39 is 5.97 Å². The van der Waals surface area contributed by atoms with E-state index in [4.69, 9.17) is 10.2 Å². The number of hydrogen-bond donors (Lipinski definition) is 2. The van der Waals surface area contributed by atoms with Crippen LogP contribution in [-0.4, -0.2) is 16.2 Å². The number of hydrogen-bond acceptors (Lipinski definition) is 2. The summed E-state index contributed by atoms with van der Waals surface area (Å²) < 4.78 is 0. The Kier molecular flexibility index (Phi) is 5.19. The Balaban J connectivity index is 0.000000180. The fraction of sp³-hybridized carbons (Fsp3) is 0. The van der Waals surface area contributed by atoms with Crippen molar-refractivity contribution in [2.75, 3.05) is 0 Å². The molecule has 18 heavy (non-hydrogen) atoms. The standard InChI is InChI=1S/C8H8O.C7H6O2/c1-2-7-3-5-8(9)6-4-7;8-7(9)6-4-2-1-3-5-6/h2-6,9H,1H2;1-5H,(H,8,9). The molecule has 3 heteroatoms. The summed E-state index contributed by atoms with van der Waals surface area (Å²) in [4.78, 5) is 10.2. The zero-order chi connectivity index (χ0) is 13.4. The third-order valence-electron chi connectivity index (χ3n) is 2.15. The van der Waals surface area contributed by atoms with Gasteiger partial charge >= 0.3 is 5.97 Å². The van der Waals surface area contributed by atoms with Gasteiger partial charge in [0.25, 0.3) is 0 Å². The summed E-state index contributed by atoms with van der Waals surface area (Å²) in [6.45, 7) is 3.58. The molecule has 0 aromatic heterocycles. The molecule has 0 aliphatic carbocycles. The Bertz CT molecular complexity index is 501. The molecule has 0 amide bonds. The van der Waals surface area contributed by atoms with Crippen molar-refractivity contribution in [1.29, 1.82) is 0 Å². The number of aromatic carboxylic acids is 1. The summed E-state index contributed by atoms with van der Waals surface area (Å²) in [7, 11) is 0. The first kappa shape index (κ1) is 13.5. The third-order valence-corrected chi connectivity index (χ3v) is 2.15. The van der Waals surface area contributed by atoms with Crippen LogP contribution in [0.2, 0.25) is 0 Å². The van der Waals surface area contributed by atoms with Gasteiger partial charge in [-0.1, -0.05) is 43.0 Å². The van der Waals surface area contributed by atoms with E-state index in [0.717, 1.165) is 5.56 Å². The number of carboxylic acids is 1. The molecule has 2 aromatic carbocycles. The van der Waals surface area contributed by atoms with Crippen molar-refractivity contribution < 1.29 is 15.0 Å². The lowest BCUT2D eigenvalue weighted by molar-refractivity contribution is 0.0697. The topological polar surface area (TPSA) is 57.5 Å². The lowest BCUT2D eigenvalue weighted by Crippen LogP contribution is -1.93. The number of carbonyl (C=O) groups is 1. The number of benzene rings is 2. The summed E-state index contributed by atoms with van der Waals surface area (Å²) in [6, 6.07) is 15.2. The maximum absolute atomic E-state index is 10.2. The van der Waals surface area contributed by atoms with Gasteiger partial charge in [0, 0.05) is 0 Å². The molecule has 0 unspecified atom stereocenters. The monoisotopic (exact) mass is 242 g/mol. The van der Waals surface area contributed by atoms with E-state index in [2.05, 4.69) is 6.58 Å². The predicted molar refractivity (Wildman–Crippen MR) is 71.6 cm³/mol. The minimum absolute atomic E-state index is 0.292. The minimum Gasteiger partial charge on any atom is -0.508 e. The van der Waals surface area contributed by atoms with E-state index in [1.807, 2.05) is 12.1 Å². The summed E-state index contributed by atoms with van der Waals surface area (Å²) in [5.41, 5.74) is 1.35. The normalized spacial score (nSPS) is 8.89. The molecule has 0 atom stereocenters. The first-order valence-corrected chi connectivity index (χ1v) is 5.33. The molecule has 0 saturated heterocycles. The van der Waals surface area contributed by atoms with Crippen molar-refractivity contribution in [3.05, 3.63) is 72.3 Å². The second-order valence-electron chi connectivity index (χ2n) is 3.47. The summed E-state index contributed by atoms with van der Waals surface area (Å²) in [6.07, 6.45) is 1.74. The van der Waals surface area contributed by atoms with Crippen LogP contribution in [0.3, 0.4) is 0 Å². The number of rotatable bonds is 2. The quantitative estimate of drug-likeness (QED) is 0.848. The molecular weight excluding hydrogens is 228 g/mol. The van der Waals surface area contributed by atoms with Gasteiger partial charge in [-0.2, -0.15) is 0 Å². The summed E-state index contributed by atoms with van der Waals surface area (Å²) >= 11 is 0. The van der Waals surface area contributed by atoms with E-state index in [1.54, 1.807) is 48.5 Å². The van der Waals surface area contributed by atoms with Crippen LogP contribution in [0.25, 0.3) is 6.08 Å². The lowest BCUT2D eigenvalue weighted by Gasteiger charge is -1.90. The second-order valence-corrected chi connectivity index (χ2v) is 3.47. The molecule has 0 aliphatic heterocycles. The van der Waals surface area contributed by atoms with Crippen molar-refractivity contribution in [2.24, 2.45) is 0 Å². The van der Waals surface area contributed by atoms with Gasteiger partial charge in [-0.05, 0) is 29.8 Å². The average molecular weight is 242 g/mol. The van der Waals surface area contributed by atoms with E-state index >= 15 is 0 Å². The fourth-order valence-electron chi connectivity index (χ4n) is 1.19. The number of phenols is 1. The Morgan fingerprint density at radius 1 is 1.00 bits per heavy atom. The fourth-order valence-corrected chi connectivity index (χ4v) is 1.19. The van der Waals surface area contributed by atoms with Gasteiger partial charge in [-0.25, -0.2) is 4.79 Å². The van der Waals surface area contributed by atoms with Crippen molar-refractivity contribution in [2.45, 2.75) is 0 Å². The largest absolute Gasteiger partial charge is 0.508 e. The van der Waals surface area contributed by atoms with Gasteiger partial charge in [-0.3, -0.25) is 0 Å². The van der Waals surface area contributed by atoms with Crippen LogP contribution in [0, 0.1) is 0 Å². The SMILES string of the molecule is C=Cc1ccc(O)cc1.O=C(O)c1ccccc1. The predicted octanol–water partition coefficient (Wildman–Crippen LogP) is 3.42. The molecule has 92 valence electrons. The lowest BCUT2D eigenvalue weighted by atomic mass is 10.2. The van der Waals surface area contributed by atoms with Crippen LogP contribution in [0.1, 0.15) is 15.9 Å². The van der Waals surface area contributed by atoms with Gasteiger partial charge in [0.2, 0.25) is 0 Å². The highest BCUT2D eigenvalue weighted by Gasteiger charge is 1.96. The van der Waals surface area contributed by atoms with Crippen LogP contribution < -0.4 is 0 Å². The smallest absolute Gasteiger partial charge is 0.335 e. The molecule has 0 heterocycles. The van der Waals surface area contributed by atoms with Gasteiger partial charge in [-0.15, -0.1) is 0 Å². The van der Waals surface area contributed by atoms with E-state index in [0.29, 0.717) is 11.3 Å². The van der Waals surface area contributed by atoms with Crippen LogP contribution in [-0.2, 0) is 0 Å². The van der Waals surface area contributed by atoms with E-state index in [-0.39, 0.29) is 0 Å². The Morgan fingerprint density at radius 3 is 1.94 bits per heavy atom. The van der Waals surface area contributed by atoms with Crippen molar-refractivity contribution in [1.82, 2.24) is 0 Å². The molecule has 0 fully saturated rings. The Labute approximate surface area is 106 Å². The van der Waals surface area contributed by atoms with Crippen LogP contribution in [0.4, 0.5) is 0 Å². The molecule has 2 rings (SSSR count). The Morgan fingerprint density at radius 2 is 1.56 bits per heavy atom. The highest BCUT2D eigenvalue weighted by Crippen LogP contribution is 2.09. The zero-order valence-corrected chi connectivity index (χ0v) is 9.78. The molecule has 0 aliphatic rings. The highest BCUT2D eigenvalue weighted by molar-refractivity contribution is 5.87. The minimum atomic E-state index is -0.879. The van der Waals surface area contributed by atoms with Crippen molar-refractivity contribution in [3.63, 3.8) is 0 Å². The van der Waals surface area contributed by atoms with Gasteiger partial charge < -0.3 is 10.2 Å². The maximum atomic E-state index is 10.2. The van der Waals surface area contributed by atoms with Crippen LogP contribution in [0.5, 0.6) is 5.75 Å². The molecule has 0 bridgehead atoms. The number of phenolic OH excluding ortho intramolecular Hbond substituents is 1. The van der Waals surface area contributed by atoms with Gasteiger partial charge in [0.1, 0.15) is 5.75 Å². The first-order chi connectivity index (χ1) is 8.63. The molecular formula is C15H14O3. The van der Waals surface area contributed by atoms with Crippen molar-refractivity contribution >= 4 is 12.0 Å². The average Bonchev–Trinajstić information content (AvgIpc) is 2.41. The molecule has 2 aromatic rings. The van der Waals surface area contributed by atoms with Crippen molar-refractivity contribution in [3.8, 4) is 5.75 Å². The van der Waals surface area contributed by atoms with Gasteiger partial charge in [0.15, 0.2) is 0 Å². The third kappa shape index (κ3) is 4.53. The maximum Gasteiger partial charge on any atom is 0.335 e. The molecule has 0 saturated carbocycles. The second kappa shape index (κ2) is 6.91. The molecule has 0 radical (unpaired) electrons. The molecule has 0 spiro atoms. The van der Waals surface area contributed by atoms with E-state index in [9.17, 15) is 4.79 Å². The summed E-state index contributed by atoms with van der Waals surface area (Å²) in [5.74, 6) is -0.587. The first-order valence-electron chi connectivity index (χ1n) is 5.33. The number of aromatic hydroxyl groups is 1. The van der Waals surface area contributed by atoms with Gasteiger partial charge in [0.05, 0.1) is 5.56 Å². The van der Waals surface area contributed by atoms with Crippen LogP contribution in [0.15, 0.2) is 61.2 Å². The summed E-state index contributed by atoms with van der Waals surface area (Å²) in [5, 5.41) is 17.2. The Hall–Kier alpha value is -2.55.